The Hall–Kier alpha value is -11.2. The van der Waals surface area contributed by atoms with E-state index in [1.165, 1.54) is 122 Å². The van der Waals surface area contributed by atoms with Crippen LogP contribution in [0.5, 0.6) is 0 Å². The fourth-order valence-electron chi connectivity index (χ4n) is 19.1. The summed E-state index contributed by atoms with van der Waals surface area (Å²) in [6.45, 7) is 54.2. The Bertz CT molecular complexity index is 6380. The molecule has 0 aliphatic carbocycles. The number of hydrogen-bond donors (Lipinski definition) is 0. The maximum absolute atomic E-state index is 12.8. The molecule has 6 aliphatic heterocycles. The molecule has 6 aliphatic rings. The van der Waals surface area contributed by atoms with Gasteiger partial charge in [-0.25, -0.2) is 0 Å². The van der Waals surface area contributed by atoms with E-state index in [0.717, 1.165) is 111 Å². The topological polar surface area (TPSA) is 158 Å². The minimum absolute atomic E-state index is 0. The fraction of sp³-hybridized carbons (Fsp3) is 0.322. The molecule has 0 aromatic heterocycles. The molecule has 133 heavy (non-hydrogen) atoms. The zero-order valence-corrected chi connectivity index (χ0v) is 82.2. The Kier molecular flexibility index (Phi) is 33.2. The molecule has 680 valence electrons. The van der Waals surface area contributed by atoms with E-state index in [4.69, 9.17) is 27.9 Å². The molecule has 0 saturated heterocycles. The second-order valence-electron chi connectivity index (χ2n) is 37.9. The van der Waals surface area contributed by atoms with Gasteiger partial charge in [0.2, 0.25) is 0 Å². The van der Waals surface area contributed by atoms with Gasteiger partial charge in [-0.05, 0) is 337 Å². The summed E-state index contributed by atoms with van der Waals surface area (Å²) in [5, 5.41) is 0. The standard InChI is InChI=1S/6C19H21BO2.CH4/c1-12-5-8-17(14(3)13(12)2)19(21)10-15-6-7-16-11-22-20(4)18(16)9-15;1-12-7-17(8-13(2)14(12)3)19(21)10-15-5-6-16-11-22-20(4)18(16)9-15;1-12-7-14(3)17(8-13(12)2)19(21)10-15-5-6-16-11-22-20(4)18(16)9-15;1-12-7-13(2)14(3)17(8-12)19(21)10-15-5-6-16-11-22-20(4)18(16)9-15;1-12-7-13(2)19(14(3)8-12)18(21)10-15-5-6-16-11-22-20(4)17(16)9-15;1-12-5-6-13(2)19(14(12)3)18(21)10-15-7-8-16-11-22-20(4)17(16)9-15;/h6*5-9H,10-11H2,1-4H3;1H4. The number of benzene rings is 12. The number of rotatable bonds is 18. The average molecular weight is 1770 g/mol. The SMILES string of the molecule is C.CB1OCc2ccc(CC(=O)c3c(C)cc(C)cc3C)cc21.CB1OCc2ccc(CC(=O)c3c(C)ccc(C)c3C)cc21.CB1OCc2ccc(CC(=O)c3cc(C)c(C)c(C)c3)cc21.CB1OCc2ccc(CC(=O)c3cc(C)c(C)cc3C)cc21.CB1OCc2ccc(CC(=O)c3cc(C)cc(C)c3C)cc21.CB1OCc2ccc(CC(=O)c3ccc(C)c(C)c3C)cc21. The van der Waals surface area contributed by atoms with E-state index in [9.17, 15) is 28.8 Å². The van der Waals surface area contributed by atoms with Crippen molar-refractivity contribution in [3.05, 3.63) is 382 Å². The van der Waals surface area contributed by atoms with Crippen molar-refractivity contribution in [2.75, 3.05) is 0 Å². The molecule has 12 aromatic carbocycles. The Morgan fingerprint density at radius 2 is 0.504 bits per heavy atom. The van der Waals surface area contributed by atoms with Crippen molar-refractivity contribution >= 4 is 109 Å². The van der Waals surface area contributed by atoms with Gasteiger partial charge in [-0.15, -0.1) is 0 Å². The summed E-state index contributed by atoms with van der Waals surface area (Å²) in [7, 11) is 0. The highest BCUT2D eigenvalue weighted by Gasteiger charge is 2.31. The van der Waals surface area contributed by atoms with E-state index in [-0.39, 0.29) is 83.6 Å². The van der Waals surface area contributed by atoms with E-state index in [0.29, 0.717) is 78.2 Å². The van der Waals surface area contributed by atoms with E-state index in [1.807, 2.05) is 104 Å². The van der Waals surface area contributed by atoms with Gasteiger partial charge in [-0.3, -0.25) is 28.8 Å². The summed E-state index contributed by atoms with van der Waals surface area (Å²) >= 11 is 0. The van der Waals surface area contributed by atoms with E-state index in [1.54, 1.807) is 0 Å². The summed E-state index contributed by atoms with van der Waals surface area (Å²) < 4.78 is 33.8. The molecule has 0 amide bonds. The van der Waals surface area contributed by atoms with Crippen molar-refractivity contribution in [3.8, 4) is 0 Å². The zero-order chi connectivity index (χ0) is 95.1. The third-order valence-corrected chi connectivity index (χ3v) is 28.1. The second-order valence-corrected chi connectivity index (χ2v) is 37.9. The molecule has 0 atom stereocenters. The number of ketones is 6. The minimum atomic E-state index is 0. The van der Waals surface area contributed by atoms with Crippen LogP contribution in [0, 0.1) is 125 Å². The number of Topliss-reactive ketones (excluding diaryl/α,β-unsaturated/α-hetero) is 6. The first-order valence-electron chi connectivity index (χ1n) is 46.8. The number of fused-ring (bicyclic) bond motifs is 6. The highest BCUT2D eigenvalue weighted by atomic mass is 16.5. The predicted molar refractivity (Wildman–Crippen MR) is 554 cm³/mol. The van der Waals surface area contributed by atoms with Gasteiger partial charge in [-0.1, -0.05) is 217 Å². The van der Waals surface area contributed by atoms with Crippen molar-refractivity contribution < 1.29 is 56.7 Å². The van der Waals surface area contributed by atoms with Crippen molar-refractivity contribution in [2.24, 2.45) is 0 Å². The predicted octanol–water partition coefficient (Wildman–Crippen LogP) is 21.0. The fourth-order valence-corrected chi connectivity index (χ4v) is 19.1. The Balaban J connectivity index is 0.000000144. The summed E-state index contributed by atoms with van der Waals surface area (Å²) in [6.07, 6.45) is 2.69. The van der Waals surface area contributed by atoms with Crippen molar-refractivity contribution in [1.29, 1.82) is 0 Å². The molecule has 6 heterocycles. The molecule has 0 saturated carbocycles. The molecule has 0 fully saturated rings. The molecule has 0 spiro atoms. The maximum atomic E-state index is 12.8. The van der Waals surface area contributed by atoms with Gasteiger partial charge in [0.1, 0.15) is 0 Å². The highest BCUT2D eigenvalue weighted by molar-refractivity contribution is 6.69. The van der Waals surface area contributed by atoms with Crippen LogP contribution in [0.2, 0.25) is 40.9 Å². The largest absolute Gasteiger partial charge is 0.427 e. The molecule has 0 bridgehead atoms. The number of carbonyl (C=O) groups is 6. The first kappa shape index (κ1) is 101. The van der Waals surface area contributed by atoms with E-state index in [2.05, 4.69) is 244 Å². The Morgan fingerprint density at radius 1 is 0.218 bits per heavy atom. The normalized spacial score (nSPS) is 13.3. The van der Waals surface area contributed by atoms with Crippen LogP contribution in [-0.4, -0.2) is 76.2 Å². The van der Waals surface area contributed by atoms with Crippen LogP contribution in [0.3, 0.4) is 0 Å². The van der Waals surface area contributed by atoms with Crippen LogP contribution in [0.1, 0.15) is 236 Å². The Morgan fingerprint density at radius 3 is 0.880 bits per heavy atom. The molecule has 18 heteroatoms. The minimum Gasteiger partial charge on any atom is -0.427 e. The molecule has 0 unspecified atom stereocenters. The van der Waals surface area contributed by atoms with E-state index >= 15 is 0 Å². The lowest BCUT2D eigenvalue weighted by atomic mass is 9.64. The summed E-state index contributed by atoms with van der Waals surface area (Å²) in [5.74, 6) is 1.14. The molecule has 12 aromatic rings. The Labute approximate surface area is 794 Å². The number of hydrogen-bond acceptors (Lipinski definition) is 12. The number of aryl methyl sites for hydroxylation is 13. The lowest BCUT2D eigenvalue weighted by Crippen LogP contribution is -2.25. The van der Waals surface area contributed by atoms with Crippen molar-refractivity contribution in [2.45, 2.75) is 251 Å². The van der Waals surface area contributed by atoms with Crippen molar-refractivity contribution in [3.63, 3.8) is 0 Å². The first-order valence-corrected chi connectivity index (χ1v) is 46.8. The lowest BCUT2D eigenvalue weighted by molar-refractivity contribution is 0.0983. The smallest absolute Gasteiger partial charge is 0.324 e. The third kappa shape index (κ3) is 24.0. The van der Waals surface area contributed by atoms with Crippen LogP contribution < -0.4 is 32.8 Å². The van der Waals surface area contributed by atoms with Gasteiger partial charge >= 0.3 is 41.5 Å². The third-order valence-electron chi connectivity index (χ3n) is 28.1. The van der Waals surface area contributed by atoms with E-state index < -0.39 is 0 Å². The average Bonchev–Trinajstić information content (AvgIpc) is 1.71. The summed E-state index contributed by atoms with van der Waals surface area (Å²) in [5.41, 5.74) is 47.0. The summed E-state index contributed by atoms with van der Waals surface area (Å²) in [6, 6.07) is 62.2. The van der Waals surface area contributed by atoms with Crippen LogP contribution in [-0.2, 0) is 106 Å². The monoisotopic (exact) mass is 1770 g/mol. The molecule has 0 radical (unpaired) electrons. The molecule has 0 N–H and O–H groups in total. The van der Waals surface area contributed by atoms with Crippen molar-refractivity contribution in [1.82, 2.24) is 0 Å². The van der Waals surface area contributed by atoms with Gasteiger partial charge < -0.3 is 27.9 Å². The van der Waals surface area contributed by atoms with Gasteiger partial charge in [0.05, 0.1) is 39.6 Å². The van der Waals surface area contributed by atoms with Crippen LogP contribution in [0.15, 0.2) is 182 Å². The van der Waals surface area contributed by atoms with Crippen LogP contribution in [0.25, 0.3) is 0 Å². The van der Waals surface area contributed by atoms with Gasteiger partial charge in [-0.2, -0.15) is 0 Å². The molecular formula is C115H130B6O12. The quantitative estimate of drug-likeness (QED) is 0.0592. The van der Waals surface area contributed by atoms with Gasteiger partial charge in [0, 0.05) is 71.9 Å². The van der Waals surface area contributed by atoms with Crippen LogP contribution >= 0.6 is 0 Å². The second kappa shape index (κ2) is 43.9. The summed E-state index contributed by atoms with van der Waals surface area (Å²) in [4.78, 5) is 76.0. The number of carbonyl (C=O) groups excluding carboxylic acids is 6. The molecule has 18 rings (SSSR count). The zero-order valence-electron chi connectivity index (χ0n) is 82.2. The molecular weight excluding hydrogens is 1640 g/mol. The maximum Gasteiger partial charge on any atom is 0.324 e. The molecule has 12 nitrogen and oxygen atoms in total. The lowest BCUT2D eigenvalue weighted by Gasteiger charge is -2.12. The van der Waals surface area contributed by atoms with Crippen LogP contribution in [0.4, 0.5) is 0 Å². The highest BCUT2D eigenvalue weighted by Crippen LogP contribution is 2.29. The van der Waals surface area contributed by atoms with Gasteiger partial charge in [0.25, 0.3) is 0 Å². The van der Waals surface area contributed by atoms with Gasteiger partial charge in [0.15, 0.2) is 34.7 Å². The first-order chi connectivity index (χ1) is 62.7.